The maximum Gasteiger partial charge on any atom is 0.177 e. The highest BCUT2D eigenvalue weighted by Gasteiger charge is 2.14. The van der Waals surface area contributed by atoms with Gasteiger partial charge in [-0.05, 0) is 24.5 Å². The summed E-state index contributed by atoms with van der Waals surface area (Å²) in [6.45, 7) is 3.37. The van der Waals surface area contributed by atoms with Gasteiger partial charge in [0.2, 0.25) is 0 Å². The third kappa shape index (κ3) is 1.43. The zero-order valence-corrected chi connectivity index (χ0v) is 7.93. The molecule has 4 heteroatoms. The lowest BCUT2D eigenvalue weighted by molar-refractivity contribution is 0.603. The number of rotatable bonds is 1. The van der Waals surface area contributed by atoms with E-state index in [1.165, 1.54) is 0 Å². The molecule has 0 aromatic carbocycles. The van der Waals surface area contributed by atoms with Crippen LogP contribution in [0.3, 0.4) is 0 Å². The molecule has 14 heavy (non-hydrogen) atoms. The Labute approximate surface area is 81.4 Å². The molecule has 0 atom stereocenters. The molecule has 3 nitrogen and oxygen atoms in total. The number of pyridine rings is 1. The van der Waals surface area contributed by atoms with Gasteiger partial charge >= 0.3 is 0 Å². The molecular formula is C10H8FN3. The van der Waals surface area contributed by atoms with Crippen molar-refractivity contribution in [3.8, 4) is 12.1 Å². The fourth-order valence-corrected chi connectivity index (χ4v) is 1.32. The van der Waals surface area contributed by atoms with Gasteiger partial charge in [-0.25, -0.2) is 9.37 Å². The molecule has 0 bridgehead atoms. The first-order valence-electron chi connectivity index (χ1n) is 4.14. The summed E-state index contributed by atoms with van der Waals surface area (Å²) in [4.78, 5) is 3.64. The Morgan fingerprint density at radius 3 is 2.29 bits per heavy atom. The van der Waals surface area contributed by atoms with Gasteiger partial charge in [-0.15, -0.1) is 0 Å². The standard InChI is InChI=1S/C10H8FN3/c1-3-7-6(2)10(11)9(5-13)14-8(7)4-12/h3H2,1-2H3. The number of nitrogens with zero attached hydrogens (tertiary/aromatic N) is 3. The predicted molar refractivity (Wildman–Crippen MR) is 47.7 cm³/mol. The van der Waals surface area contributed by atoms with Crippen molar-refractivity contribution in [2.45, 2.75) is 20.3 Å². The first-order chi connectivity index (χ1) is 6.65. The summed E-state index contributed by atoms with van der Waals surface area (Å²) in [5.74, 6) is -0.622. The van der Waals surface area contributed by atoms with Crippen LogP contribution in [0.25, 0.3) is 0 Å². The molecule has 0 aliphatic heterocycles. The quantitative estimate of drug-likeness (QED) is 0.677. The summed E-state index contributed by atoms with van der Waals surface area (Å²) in [5, 5.41) is 17.3. The first kappa shape index (κ1) is 10.1. The third-order valence-corrected chi connectivity index (χ3v) is 2.06. The van der Waals surface area contributed by atoms with Crippen LogP contribution in [0.1, 0.15) is 29.4 Å². The molecule has 70 valence electrons. The second-order valence-electron chi connectivity index (χ2n) is 2.80. The Morgan fingerprint density at radius 2 is 1.86 bits per heavy atom. The van der Waals surface area contributed by atoms with E-state index in [4.69, 9.17) is 10.5 Å². The SMILES string of the molecule is CCc1c(C#N)nc(C#N)c(F)c1C. The molecule has 0 saturated carbocycles. The Morgan fingerprint density at radius 1 is 1.29 bits per heavy atom. The molecule has 1 aromatic rings. The molecule has 1 heterocycles. The summed E-state index contributed by atoms with van der Waals surface area (Å²) in [5.41, 5.74) is 0.749. The second-order valence-corrected chi connectivity index (χ2v) is 2.80. The minimum Gasteiger partial charge on any atom is -0.223 e. The molecule has 0 radical (unpaired) electrons. The van der Waals surface area contributed by atoms with Crippen LogP contribution in [0.15, 0.2) is 0 Å². The molecule has 0 N–H and O–H groups in total. The molecular weight excluding hydrogens is 181 g/mol. The van der Waals surface area contributed by atoms with Gasteiger partial charge in [-0.1, -0.05) is 6.92 Å². The molecule has 0 amide bonds. The molecule has 0 unspecified atom stereocenters. The highest BCUT2D eigenvalue weighted by atomic mass is 19.1. The maximum atomic E-state index is 13.4. The molecule has 1 rings (SSSR count). The number of hydrogen-bond donors (Lipinski definition) is 0. The Kier molecular flexibility index (Phi) is 2.79. The van der Waals surface area contributed by atoms with E-state index in [2.05, 4.69) is 4.98 Å². The average molecular weight is 189 g/mol. The first-order valence-corrected chi connectivity index (χ1v) is 4.14. The van der Waals surface area contributed by atoms with Crippen LogP contribution in [-0.4, -0.2) is 4.98 Å². The van der Waals surface area contributed by atoms with Crippen LogP contribution in [0.4, 0.5) is 4.39 Å². The minimum atomic E-state index is -0.622. The smallest absolute Gasteiger partial charge is 0.177 e. The van der Waals surface area contributed by atoms with Crippen molar-refractivity contribution in [2.75, 3.05) is 0 Å². The zero-order valence-electron chi connectivity index (χ0n) is 7.93. The molecule has 0 saturated heterocycles. The normalized spacial score (nSPS) is 9.21. The van der Waals surface area contributed by atoms with Crippen molar-refractivity contribution in [3.63, 3.8) is 0 Å². The van der Waals surface area contributed by atoms with E-state index < -0.39 is 5.82 Å². The Hall–Kier alpha value is -1.94. The number of halogens is 1. The molecule has 0 fully saturated rings. The predicted octanol–water partition coefficient (Wildman–Crippen LogP) is 1.83. The van der Waals surface area contributed by atoms with Gasteiger partial charge in [-0.2, -0.15) is 10.5 Å². The van der Waals surface area contributed by atoms with Gasteiger partial charge in [0, 0.05) is 0 Å². The van der Waals surface area contributed by atoms with Crippen molar-refractivity contribution in [1.29, 1.82) is 10.5 Å². The fourth-order valence-electron chi connectivity index (χ4n) is 1.32. The van der Waals surface area contributed by atoms with Gasteiger partial charge in [0.25, 0.3) is 0 Å². The second kappa shape index (κ2) is 3.85. The van der Waals surface area contributed by atoms with Crippen LogP contribution in [0, 0.1) is 35.4 Å². The molecule has 1 aromatic heterocycles. The maximum absolute atomic E-state index is 13.4. The zero-order chi connectivity index (χ0) is 10.7. The van der Waals surface area contributed by atoms with Gasteiger partial charge in [0.1, 0.15) is 17.8 Å². The summed E-state index contributed by atoms with van der Waals surface area (Å²) in [6.07, 6.45) is 0.532. The van der Waals surface area contributed by atoms with Gasteiger partial charge in [-0.3, -0.25) is 0 Å². The van der Waals surface area contributed by atoms with E-state index in [9.17, 15) is 4.39 Å². The van der Waals surface area contributed by atoms with E-state index >= 15 is 0 Å². The van der Waals surface area contributed by atoms with Crippen LogP contribution in [0.5, 0.6) is 0 Å². The fraction of sp³-hybridized carbons (Fsp3) is 0.300. The number of aromatic nitrogens is 1. The van der Waals surface area contributed by atoms with Crippen molar-refractivity contribution in [3.05, 3.63) is 28.3 Å². The van der Waals surface area contributed by atoms with Crippen molar-refractivity contribution in [1.82, 2.24) is 4.98 Å². The topological polar surface area (TPSA) is 60.5 Å². The summed E-state index contributed by atoms with van der Waals surface area (Å²) in [7, 11) is 0. The number of nitriles is 2. The molecule has 0 aliphatic rings. The van der Waals surface area contributed by atoms with Gasteiger partial charge < -0.3 is 0 Å². The molecule has 0 spiro atoms. The largest absolute Gasteiger partial charge is 0.223 e. The highest BCUT2D eigenvalue weighted by molar-refractivity contribution is 5.42. The Balaban J connectivity index is 3.58. The van der Waals surface area contributed by atoms with Crippen molar-refractivity contribution >= 4 is 0 Å². The summed E-state index contributed by atoms with van der Waals surface area (Å²) < 4.78 is 13.4. The lowest BCUT2D eigenvalue weighted by atomic mass is 10.0. The third-order valence-electron chi connectivity index (χ3n) is 2.06. The van der Waals surface area contributed by atoms with Crippen molar-refractivity contribution in [2.24, 2.45) is 0 Å². The van der Waals surface area contributed by atoms with E-state index in [0.717, 1.165) is 0 Å². The molecule has 0 aliphatic carbocycles. The Bertz CT molecular complexity index is 452. The van der Waals surface area contributed by atoms with Gasteiger partial charge in [0.15, 0.2) is 11.5 Å². The van der Waals surface area contributed by atoms with E-state index in [-0.39, 0.29) is 11.4 Å². The average Bonchev–Trinajstić information content (AvgIpc) is 2.21. The lowest BCUT2D eigenvalue weighted by Crippen LogP contribution is -2.03. The van der Waals surface area contributed by atoms with Crippen LogP contribution in [0.2, 0.25) is 0 Å². The van der Waals surface area contributed by atoms with Crippen LogP contribution in [-0.2, 0) is 6.42 Å². The van der Waals surface area contributed by atoms with E-state index in [1.807, 2.05) is 13.0 Å². The van der Waals surface area contributed by atoms with Crippen LogP contribution < -0.4 is 0 Å². The number of hydrogen-bond acceptors (Lipinski definition) is 3. The lowest BCUT2D eigenvalue weighted by Gasteiger charge is -2.06. The monoisotopic (exact) mass is 189 g/mol. The van der Waals surface area contributed by atoms with E-state index in [1.54, 1.807) is 13.0 Å². The highest BCUT2D eigenvalue weighted by Crippen LogP contribution is 2.18. The minimum absolute atomic E-state index is 0.142. The summed E-state index contributed by atoms with van der Waals surface area (Å²) in [6, 6.07) is 3.49. The van der Waals surface area contributed by atoms with Crippen LogP contribution >= 0.6 is 0 Å². The van der Waals surface area contributed by atoms with E-state index in [0.29, 0.717) is 17.5 Å². The summed E-state index contributed by atoms with van der Waals surface area (Å²) >= 11 is 0. The van der Waals surface area contributed by atoms with Crippen molar-refractivity contribution < 1.29 is 4.39 Å². The van der Waals surface area contributed by atoms with Gasteiger partial charge in [0.05, 0.1) is 0 Å².